The van der Waals surface area contributed by atoms with Gasteiger partial charge in [-0.05, 0) is 23.6 Å². The van der Waals surface area contributed by atoms with Crippen molar-refractivity contribution >= 4 is 17.4 Å². The maximum absolute atomic E-state index is 13.0. The lowest BCUT2D eigenvalue weighted by molar-refractivity contribution is 0.0377. The summed E-state index contributed by atoms with van der Waals surface area (Å²) in [6.07, 6.45) is 2.35. The highest BCUT2D eigenvalue weighted by atomic mass is 35.5. The molecule has 2 aromatic heterocycles. The van der Waals surface area contributed by atoms with E-state index in [1.165, 1.54) is 0 Å². The number of alkyl halides is 1. The number of hydrogen-bond acceptors (Lipinski definition) is 7. The fourth-order valence-corrected chi connectivity index (χ4v) is 4.06. The van der Waals surface area contributed by atoms with Crippen molar-refractivity contribution in [3.63, 3.8) is 0 Å². The van der Waals surface area contributed by atoms with Crippen molar-refractivity contribution in [2.45, 2.75) is 44.6 Å². The molecule has 0 amide bonds. The summed E-state index contributed by atoms with van der Waals surface area (Å²) in [5.74, 6) is 1.08. The van der Waals surface area contributed by atoms with Gasteiger partial charge in [0.1, 0.15) is 35.9 Å². The van der Waals surface area contributed by atoms with Gasteiger partial charge >= 0.3 is 0 Å². The molecule has 1 saturated carbocycles. The number of nitriles is 2. The minimum Gasteiger partial charge on any atom is -0.474 e. The number of aromatic nitrogens is 2. The zero-order valence-corrected chi connectivity index (χ0v) is 17.0. The third-order valence-corrected chi connectivity index (χ3v) is 5.68. The van der Waals surface area contributed by atoms with Gasteiger partial charge in [-0.25, -0.2) is 14.4 Å². The van der Waals surface area contributed by atoms with Crippen LogP contribution in [-0.2, 0) is 19.5 Å². The normalized spacial score (nSPS) is 20.4. The highest BCUT2D eigenvalue weighted by molar-refractivity contribution is 6.30. The van der Waals surface area contributed by atoms with Crippen LogP contribution in [0.2, 0.25) is 5.15 Å². The van der Waals surface area contributed by atoms with Crippen molar-refractivity contribution < 1.29 is 9.13 Å². The second kappa shape index (κ2) is 8.83. The van der Waals surface area contributed by atoms with Crippen LogP contribution in [0.4, 0.5) is 10.2 Å². The zero-order valence-electron chi connectivity index (χ0n) is 16.2. The van der Waals surface area contributed by atoms with Gasteiger partial charge in [-0.15, -0.1) is 0 Å². The molecule has 0 unspecified atom stereocenters. The summed E-state index contributed by atoms with van der Waals surface area (Å²) < 4.78 is 18.7. The number of pyridine rings is 2. The largest absolute Gasteiger partial charge is 0.474 e. The smallest absolute Gasteiger partial charge is 0.213 e. The van der Waals surface area contributed by atoms with Crippen LogP contribution in [0.25, 0.3) is 0 Å². The molecule has 1 aliphatic carbocycles. The summed E-state index contributed by atoms with van der Waals surface area (Å²) in [6, 6.07) is 8.00. The van der Waals surface area contributed by atoms with Crippen LogP contribution < -0.4 is 10.1 Å². The molecule has 1 N–H and O–H groups in total. The average molecular weight is 427 g/mol. The Kier molecular flexibility index (Phi) is 5.98. The molecule has 9 heteroatoms. The first kappa shape index (κ1) is 20.3. The number of fused-ring (bicyclic) bond motifs is 1. The monoisotopic (exact) mass is 426 g/mol. The van der Waals surface area contributed by atoms with E-state index < -0.39 is 6.17 Å². The van der Waals surface area contributed by atoms with Crippen LogP contribution in [0.15, 0.2) is 18.3 Å². The van der Waals surface area contributed by atoms with Crippen molar-refractivity contribution in [2.24, 2.45) is 0 Å². The van der Waals surface area contributed by atoms with E-state index in [1.807, 2.05) is 18.2 Å². The van der Waals surface area contributed by atoms with Gasteiger partial charge in [-0.3, -0.25) is 4.90 Å². The Morgan fingerprint density at radius 2 is 2.17 bits per heavy atom. The SMILES string of the molecule is N#CCNc1nc(Cl)c(C#N)c2c1CCN(Cc1ccnc(OC3CC(F)C3)c1)C2. The van der Waals surface area contributed by atoms with E-state index in [0.717, 1.165) is 23.2 Å². The summed E-state index contributed by atoms with van der Waals surface area (Å²) in [4.78, 5) is 10.7. The molecule has 0 saturated heterocycles. The molecule has 0 bridgehead atoms. The van der Waals surface area contributed by atoms with Crippen molar-refractivity contribution in [3.8, 4) is 18.0 Å². The molecular formula is C21H20ClFN6O. The van der Waals surface area contributed by atoms with Crippen molar-refractivity contribution in [1.29, 1.82) is 10.5 Å². The predicted octanol–water partition coefficient (Wildman–Crippen LogP) is 3.37. The minimum atomic E-state index is -0.769. The first-order valence-electron chi connectivity index (χ1n) is 9.77. The average Bonchev–Trinajstić information content (AvgIpc) is 2.71. The quantitative estimate of drug-likeness (QED) is 0.558. The molecule has 4 rings (SSSR count). The van der Waals surface area contributed by atoms with Gasteiger partial charge in [-0.1, -0.05) is 11.6 Å². The van der Waals surface area contributed by atoms with Gasteiger partial charge in [-0.2, -0.15) is 10.5 Å². The van der Waals surface area contributed by atoms with E-state index in [2.05, 4.69) is 26.3 Å². The van der Waals surface area contributed by atoms with Crippen molar-refractivity contribution in [1.82, 2.24) is 14.9 Å². The van der Waals surface area contributed by atoms with Crippen molar-refractivity contribution in [3.05, 3.63) is 45.7 Å². The first-order chi connectivity index (χ1) is 14.6. The number of anilines is 1. The summed E-state index contributed by atoms with van der Waals surface area (Å²) in [6.45, 7) is 2.09. The minimum absolute atomic E-state index is 0.100. The number of halogens is 2. The molecule has 0 radical (unpaired) electrons. The van der Waals surface area contributed by atoms with Gasteiger partial charge in [0.2, 0.25) is 5.88 Å². The Labute approximate surface area is 179 Å². The molecule has 0 aromatic carbocycles. The zero-order chi connectivity index (χ0) is 21.1. The molecule has 7 nitrogen and oxygen atoms in total. The molecule has 2 aromatic rings. The summed E-state index contributed by atoms with van der Waals surface area (Å²) in [7, 11) is 0. The number of ether oxygens (including phenoxy) is 1. The third-order valence-electron chi connectivity index (χ3n) is 5.40. The van der Waals surface area contributed by atoms with Crippen LogP contribution >= 0.6 is 11.6 Å². The Hall–Kier alpha value is -2.94. The van der Waals surface area contributed by atoms with E-state index in [1.54, 1.807) is 6.20 Å². The van der Waals surface area contributed by atoms with Crippen LogP contribution in [0.5, 0.6) is 5.88 Å². The first-order valence-corrected chi connectivity index (χ1v) is 10.2. The second-order valence-corrected chi connectivity index (χ2v) is 7.84. The third kappa shape index (κ3) is 4.30. The molecule has 0 spiro atoms. The molecule has 1 aliphatic heterocycles. The molecule has 2 aliphatic rings. The van der Waals surface area contributed by atoms with Crippen LogP contribution in [0.3, 0.4) is 0 Å². The molecule has 154 valence electrons. The number of hydrogen-bond donors (Lipinski definition) is 1. The van der Waals surface area contributed by atoms with E-state index >= 15 is 0 Å². The van der Waals surface area contributed by atoms with Gasteiger partial charge in [0.05, 0.1) is 11.6 Å². The lowest BCUT2D eigenvalue weighted by Gasteiger charge is -2.31. The van der Waals surface area contributed by atoms with Gasteiger partial charge in [0.25, 0.3) is 0 Å². The van der Waals surface area contributed by atoms with Gasteiger partial charge < -0.3 is 10.1 Å². The summed E-state index contributed by atoms with van der Waals surface area (Å²) in [5.41, 5.74) is 3.19. The molecule has 1 fully saturated rings. The van der Waals surface area contributed by atoms with Crippen molar-refractivity contribution in [2.75, 3.05) is 18.4 Å². The fourth-order valence-electron chi connectivity index (χ4n) is 3.81. The van der Waals surface area contributed by atoms with E-state index in [9.17, 15) is 9.65 Å². The van der Waals surface area contributed by atoms with E-state index in [0.29, 0.717) is 49.6 Å². The second-order valence-electron chi connectivity index (χ2n) is 7.48. The molecular weight excluding hydrogens is 407 g/mol. The number of nitrogens with one attached hydrogen (secondary N) is 1. The highest BCUT2D eigenvalue weighted by Crippen LogP contribution is 2.32. The van der Waals surface area contributed by atoms with Gasteiger partial charge in [0.15, 0.2) is 0 Å². The summed E-state index contributed by atoms with van der Waals surface area (Å²) in [5, 5.41) is 21.5. The maximum Gasteiger partial charge on any atom is 0.213 e. The van der Waals surface area contributed by atoms with Crippen LogP contribution in [-0.4, -0.2) is 40.2 Å². The molecule has 3 heterocycles. The van der Waals surface area contributed by atoms with Crippen LogP contribution in [0, 0.1) is 22.7 Å². The molecule has 0 atom stereocenters. The van der Waals surface area contributed by atoms with E-state index in [4.69, 9.17) is 21.6 Å². The van der Waals surface area contributed by atoms with Crippen LogP contribution in [0.1, 0.15) is 35.1 Å². The highest BCUT2D eigenvalue weighted by Gasteiger charge is 2.31. The maximum atomic E-state index is 13.0. The summed E-state index contributed by atoms with van der Waals surface area (Å²) >= 11 is 6.23. The Morgan fingerprint density at radius 1 is 1.33 bits per heavy atom. The fraction of sp³-hybridized carbons (Fsp3) is 0.429. The predicted molar refractivity (Wildman–Crippen MR) is 109 cm³/mol. The number of rotatable bonds is 6. The van der Waals surface area contributed by atoms with Gasteiger partial charge in [0, 0.05) is 50.3 Å². The van der Waals surface area contributed by atoms with E-state index in [-0.39, 0.29) is 17.8 Å². The Morgan fingerprint density at radius 3 is 2.90 bits per heavy atom. The Bertz CT molecular complexity index is 1030. The molecule has 30 heavy (non-hydrogen) atoms. The Balaban J connectivity index is 1.50. The lowest BCUT2D eigenvalue weighted by Crippen LogP contribution is -2.35. The topological polar surface area (TPSA) is 97.9 Å². The number of nitrogens with zero attached hydrogens (tertiary/aromatic N) is 5. The lowest BCUT2D eigenvalue weighted by atomic mass is 9.94. The standard InChI is InChI=1S/C21H20ClFN6O/c22-20-17(10-25)18-12-29(6-2-16(18)21(28-20)27-5-3-24)11-13-1-4-26-19(7-13)30-15-8-14(23)9-15/h1,4,7,14-15H,2,5-6,8-9,11-12H2,(H,27,28).